The number of rotatable bonds is 6. The van der Waals surface area contributed by atoms with E-state index < -0.39 is 0 Å². The fourth-order valence-corrected chi connectivity index (χ4v) is 2.09. The maximum absolute atomic E-state index is 5.56. The Hall–Kier alpha value is -1.40. The maximum atomic E-state index is 5.56. The monoisotopic (exact) mass is 265 g/mol. The first kappa shape index (κ1) is 14.0. The standard InChI is InChI=1S/C13H23N5O/c1-8(7-19-4)18(3)13-9(2)11(17-14)15-12(16-13)10-5-6-10/h8,10H,5-7,14H2,1-4H3,(H,15,16,17). The zero-order valence-corrected chi connectivity index (χ0v) is 12.1. The van der Waals surface area contributed by atoms with Crippen LogP contribution in [-0.4, -0.2) is 36.8 Å². The van der Waals surface area contributed by atoms with Gasteiger partial charge in [-0.05, 0) is 26.7 Å². The summed E-state index contributed by atoms with van der Waals surface area (Å²) in [5.74, 6) is 8.59. The summed E-state index contributed by atoms with van der Waals surface area (Å²) in [5, 5.41) is 0. The molecule has 0 amide bonds. The molecule has 0 radical (unpaired) electrons. The predicted molar refractivity (Wildman–Crippen MR) is 76.3 cm³/mol. The van der Waals surface area contributed by atoms with Crippen LogP contribution in [0.3, 0.4) is 0 Å². The molecule has 106 valence electrons. The van der Waals surface area contributed by atoms with Gasteiger partial charge < -0.3 is 15.1 Å². The second kappa shape index (κ2) is 5.71. The van der Waals surface area contributed by atoms with Crippen LogP contribution in [0.1, 0.15) is 37.1 Å². The number of ether oxygens (including phenoxy) is 1. The quantitative estimate of drug-likeness (QED) is 0.598. The zero-order valence-electron chi connectivity index (χ0n) is 12.1. The smallest absolute Gasteiger partial charge is 0.148 e. The fourth-order valence-electron chi connectivity index (χ4n) is 2.09. The SMILES string of the molecule is COCC(C)N(C)c1nc(C2CC2)nc(NN)c1C. The van der Waals surface area contributed by atoms with Crippen molar-refractivity contribution in [2.24, 2.45) is 5.84 Å². The van der Waals surface area contributed by atoms with E-state index in [9.17, 15) is 0 Å². The molecule has 19 heavy (non-hydrogen) atoms. The molecule has 0 aliphatic heterocycles. The highest BCUT2D eigenvalue weighted by Gasteiger charge is 2.29. The van der Waals surface area contributed by atoms with Crippen LogP contribution < -0.4 is 16.2 Å². The molecule has 0 bridgehead atoms. The van der Waals surface area contributed by atoms with Crippen molar-refractivity contribution in [1.82, 2.24) is 9.97 Å². The number of aromatic nitrogens is 2. The van der Waals surface area contributed by atoms with E-state index in [2.05, 4.69) is 22.2 Å². The summed E-state index contributed by atoms with van der Waals surface area (Å²) in [6, 6.07) is 0.247. The number of likely N-dealkylation sites (N-methyl/N-ethyl adjacent to an activating group) is 1. The van der Waals surface area contributed by atoms with Crippen molar-refractivity contribution in [3.8, 4) is 0 Å². The second-order valence-electron chi connectivity index (χ2n) is 5.21. The van der Waals surface area contributed by atoms with Crippen LogP contribution >= 0.6 is 0 Å². The summed E-state index contributed by atoms with van der Waals surface area (Å²) in [7, 11) is 3.73. The van der Waals surface area contributed by atoms with Gasteiger partial charge in [-0.2, -0.15) is 0 Å². The van der Waals surface area contributed by atoms with Crippen molar-refractivity contribution in [3.05, 3.63) is 11.4 Å². The third-order valence-corrected chi connectivity index (χ3v) is 3.62. The van der Waals surface area contributed by atoms with Crippen LogP contribution in [0.25, 0.3) is 0 Å². The molecule has 1 aliphatic carbocycles. The molecule has 1 fully saturated rings. The van der Waals surface area contributed by atoms with Crippen molar-refractivity contribution in [2.45, 2.75) is 38.6 Å². The number of nitrogens with one attached hydrogen (secondary N) is 1. The molecule has 1 heterocycles. The van der Waals surface area contributed by atoms with Gasteiger partial charge in [0.15, 0.2) is 0 Å². The van der Waals surface area contributed by atoms with Gasteiger partial charge >= 0.3 is 0 Å². The van der Waals surface area contributed by atoms with E-state index in [0.717, 1.165) is 17.2 Å². The molecular weight excluding hydrogens is 242 g/mol. The predicted octanol–water partition coefficient (Wildman–Crippen LogP) is 1.42. The van der Waals surface area contributed by atoms with Crippen LogP contribution in [0.5, 0.6) is 0 Å². The van der Waals surface area contributed by atoms with Gasteiger partial charge in [-0.1, -0.05) is 0 Å². The Bertz CT molecular complexity index is 447. The molecule has 6 nitrogen and oxygen atoms in total. The van der Waals surface area contributed by atoms with E-state index >= 15 is 0 Å². The molecule has 0 aromatic carbocycles. The number of anilines is 2. The highest BCUT2D eigenvalue weighted by molar-refractivity contribution is 5.58. The van der Waals surface area contributed by atoms with Crippen LogP contribution in [0.2, 0.25) is 0 Å². The third kappa shape index (κ3) is 2.96. The summed E-state index contributed by atoms with van der Waals surface area (Å²) < 4.78 is 5.21. The Morgan fingerprint density at radius 2 is 2.16 bits per heavy atom. The average Bonchev–Trinajstić information content (AvgIpc) is 3.23. The van der Waals surface area contributed by atoms with Crippen LogP contribution in [0, 0.1) is 6.92 Å². The summed E-state index contributed by atoms with van der Waals surface area (Å²) in [6.07, 6.45) is 2.34. The normalized spacial score (nSPS) is 16.3. The van der Waals surface area contributed by atoms with Gasteiger partial charge in [-0.15, -0.1) is 0 Å². The molecule has 2 rings (SSSR count). The molecular formula is C13H23N5O. The summed E-state index contributed by atoms with van der Waals surface area (Å²) in [5.41, 5.74) is 3.65. The van der Waals surface area contributed by atoms with Crippen LogP contribution in [-0.2, 0) is 4.74 Å². The number of hydrogen-bond acceptors (Lipinski definition) is 6. The van der Waals surface area contributed by atoms with Crippen molar-refractivity contribution in [1.29, 1.82) is 0 Å². The molecule has 0 saturated heterocycles. The van der Waals surface area contributed by atoms with Gasteiger partial charge in [0.05, 0.1) is 12.6 Å². The Labute approximate surface area is 114 Å². The topological polar surface area (TPSA) is 76.3 Å². The number of methoxy groups -OCH3 is 1. The lowest BCUT2D eigenvalue weighted by Crippen LogP contribution is -2.34. The first-order valence-electron chi connectivity index (χ1n) is 6.65. The maximum Gasteiger partial charge on any atom is 0.148 e. The van der Waals surface area contributed by atoms with E-state index in [1.165, 1.54) is 12.8 Å². The lowest BCUT2D eigenvalue weighted by molar-refractivity contribution is 0.183. The lowest BCUT2D eigenvalue weighted by atomic mass is 10.2. The van der Waals surface area contributed by atoms with E-state index in [4.69, 9.17) is 15.6 Å². The molecule has 1 atom stereocenters. The third-order valence-electron chi connectivity index (χ3n) is 3.62. The van der Waals surface area contributed by atoms with Crippen molar-refractivity contribution in [3.63, 3.8) is 0 Å². The number of hydrogen-bond donors (Lipinski definition) is 2. The van der Waals surface area contributed by atoms with Gasteiger partial charge in [0, 0.05) is 25.6 Å². The largest absolute Gasteiger partial charge is 0.383 e. The molecule has 6 heteroatoms. The fraction of sp³-hybridized carbons (Fsp3) is 0.692. The molecule has 1 unspecified atom stereocenters. The van der Waals surface area contributed by atoms with Gasteiger partial charge in [0.2, 0.25) is 0 Å². The van der Waals surface area contributed by atoms with Crippen LogP contribution in [0.15, 0.2) is 0 Å². The average molecular weight is 265 g/mol. The Morgan fingerprint density at radius 1 is 1.47 bits per heavy atom. The highest BCUT2D eigenvalue weighted by Crippen LogP contribution is 2.40. The number of nitrogens with zero attached hydrogens (tertiary/aromatic N) is 3. The number of nitrogens with two attached hydrogens (primary N) is 1. The van der Waals surface area contributed by atoms with Gasteiger partial charge in [-0.3, -0.25) is 0 Å². The minimum Gasteiger partial charge on any atom is -0.383 e. The number of hydrazine groups is 1. The number of nitrogen functional groups attached to an aromatic ring is 1. The Morgan fingerprint density at radius 3 is 2.68 bits per heavy atom. The van der Waals surface area contributed by atoms with Crippen molar-refractivity contribution < 1.29 is 4.74 Å². The van der Waals surface area contributed by atoms with Gasteiger partial charge in [-0.25, -0.2) is 15.8 Å². The molecule has 1 aliphatic rings. The molecule has 1 aromatic heterocycles. The van der Waals surface area contributed by atoms with E-state index in [1.54, 1.807) is 7.11 Å². The van der Waals surface area contributed by atoms with Crippen molar-refractivity contribution >= 4 is 11.6 Å². The molecule has 0 spiro atoms. The molecule has 1 saturated carbocycles. The summed E-state index contributed by atoms with van der Waals surface area (Å²) >= 11 is 0. The summed E-state index contributed by atoms with van der Waals surface area (Å²) in [6.45, 7) is 4.75. The van der Waals surface area contributed by atoms with Crippen LogP contribution in [0.4, 0.5) is 11.6 Å². The second-order valence-corrected chi connectivity index (χ2v) is 5.21. The Balaban J connectivity index is 2.34. The Kier molecular flexibility index (Phi) is 4.21. The summed E-state index contributed by atoms with van der Waals surface area (Å²) in [4.78, 5) is 11.3. The van der Waals surface area contributed by atoms with E-state index in [0.29, 0.717) is 18.3 Å². The zero-order chi connectivity index (χ0) is 14.0. The molecule has 1 aromatic rings. The highest BCUT2D eigenvalue weighted by atomic mass is 16.5. The first-order chi connectivity index (χ1) is 9.08. The van der Waals surface area contributed by atoms with Crippen molar-refractivity contribution in [2.75, 3.05) is 31.1 Å². The van der Waals surface area contributed by atoms with E-state index in [1.807, 2.05) is 14.0 Å². The van der Waals surface area contributed by atoms with Gasteiger partial charge in [0.1, 0.15) is 17.5 Å². The minimum absolute atomic E-state index is 0.247. The lowest BCUT2D eigenvalue weighted by Gasteiger charge is -2.27. The molecule has 3 N–H and O–H groups in total. The van der Waals surface area contributed by atoms with E-state index in [-0.39, 0.29) is 6.04 Å². The van der Waals surface area contributed by atoms with Gasteiger partial charge in [0.25, 0.3) is 0 Å². The first-order valence-corrected chi connectivity index (χ1v) is 6.65. The minimum atomic E-state index is 0.247.